The van der Waals surface area contributed by atoms with Crippen molar-refractivity contribution < 1.29 is 14.6 Å². The van der Waals surface area contributed by atoms with Gasteiger partial charge in [-0.15, -0.1) is 0 Å². The van der Waals surface area contributed by atoms with E-state index in [1.165, 1.54) is 0 Å². The average Bonchev–Trinajstić information content (AvgIpc) is 3.12. The van der Waals surface area contributed by atoms with E-state index < -0.39 is 5.60 Å². The third-order valence-corrected chi connectivity index (χ3v) is 4.46. The summed E-state index contributed by atoms with van der Waals surface area (Å²) in [6, 6.07) is 7.50. The molecule has 1 aromatic heterocycles. The van der Waals surface area contributed by atoms with Crippen molar-refractivity contribution in [2.45, 2.75) is 45.3 Å². The Balaban J connectivity index is 1.89. The Morgan fingerprint density at radius 1 is 1.43 bits per heavy atom. The van der Waals surface area contributed by atoms with Gasteiger partial charge in [-0.1, -0.05) is 0 Å². The molecule has 5 heteroatoms. The van der Waals surface area contributed by atoms with Crippen molar-refractivity contribution in [1.82, 2.24) is 9.88 Å². The quantitative estimate of drug-likeness (QED) is 0.911. The molecule has 1 unspecified atom stereocenters. The lowest BCUT2D eigenvalue weighted by Gasteiger charge is -2.33. The van der Waals surface area contributed by atoms with Crippen LogP contribution in [0.4, 0.5) is 0 Å². The fourth-order valence-electron chi connectivity index (χ4n) is 3.38. The van der Waals surface area contributed by atoms with Gasteiger partial charge in [0.1, 0.15) is 11.4 Å². The predicted octanol–water partition coefficient (Wildman–Crippen LogP) is 2.94. The highest BCUT2D eigenvalue weighted by Crippen LogP contribution is 2.29. The van der Waals surface area contributed by atoms with Crippen molar-refractivity contribution in [3.05, 3.63) is 30.0 Å². The van der Waals surface area contributed by atoms with Crippen molar-refractivity contribution >= 4 is 16.8 Å². The lowest BCUT2D eigenvalue weighted by molar-refractivity contribution is 0.000157. The molecule has 1 aromatic carbocycles. The molecule has 1 saturated heterocycles. The second-order valence-electron chi connectivity index (χ2n) is 6.68. The first kappa shape index (κ1) is 15.9. The van der Waals surface area contributed by atoms with Crippen LogP contribution < -0.4 is 4.74 Å². The molecule has 0 radical (unpaired) electrons. The number of aromatic nitrogens is 1. The summed E-state index contributed by atoms with van der Waals surface area (Å²) in [6.07, 6.45) is 1.76. The van der Waals surface area contributed by atoms with Crippen molar-refractivity contribution in [1.29, 1.82) is 0 Å². The molecule has 3 rings (SSSR count). The summed E-state index contributed by atoms with van der Waals surface area (Å²) < 4.78 is 5.50. The number of hydrogen-bond acceptors (Lipinski definition) is 3. The summed E-state index contributed by atoms with van der Waals surface area (Å²) in [4.78, 5) is 17.8. The molecular weight excluding hydrogens is 292 g/mol. The first-order chi connectivity index (χ1) is 10.9. The molecule has 2 aromatic rings. The molecule has 5 nitrogen and oxygen atoms in total. The number of carbonyl (C=O) groups excluding carboxylic acids is 1. The topological polar surface area (TPSA) is 65.6 Å². The van der Waals surface area contributed by atoms with E-state index in [1.807, 2.05) is 31.2 Å². The van der Waals surface area contributed by atoms with E-state index in [0.29, 0.717) is 18.8 Å². The van der Waals surface area contributed by atoms with Crippen LogP contribution in [0.5, 0.6) is 5.75 Å². The van der Waals surface area contributed by atoms with E-state index in [1.54, 1.807) is 18.7 Å². The van der Waals surface area contributed by atoms with Gasteiger partial charge in [-0.3, -0.25) is 4.79 Å². The van der Waals surface area contributed by atoms with Gasteiger partial charge in [0.15, 0.2) is 0 Å². The summed E-state index contributed by atoms with van der Waals surface area (Å²) in [5.41, 5.74) is 0.559. The third kappa shape index (κ3) is 3.06. The minimum atomic E-state index is -0.889. The number of nitrogens with zero attached hydrogens (tertiary/aromatic N) is 1. The smallest absolute Gasteiger partial charge is 0.270 e. The van der Waals surface area contributed by atoms with Crippen LogP contribution in [0.1, 0.15) is 44.1 Å². The van der Waals surface area contributed by atoms with Crippen molar-refractivity contribution in [2.75, 3.05) is 13.2 Å². The zero-order valence-corrected chi connectivity index (χ0v) is 13.9. The van der Waals surface area contributed by atoms with E-state index in [4.69, 9.17) is 4.74 Å². The standard InChI is InChI=1S/C18H24N2O3/c1-4-23-13-8-7-12-10-15(19-14(12)11-13)17(21)20-9-5-6-16(20)18(2,3)22/h7-8,10-11,16,19,22H,4-6,9H2,1-3H3. The highest BCUT2D eigenvalue weighted by Gasteiger charge is 2.39. The Kier molecular flexibility index (Phi) is 4.06. The Morgan fingerprint density at radius 3 is 2.91 bits per heavy atom. The van der Waals surface area contributed by atoms with E-state index in [-0.39, 0.29) is 11.9 Å². The number of carbonyl (C=O) groups is 1. The van der Waals surface area contributed by atoms with Gasteiger partial charge in [-0.05, 0) is 51.8 Å². The molecular formula is C18H24N2O3. The molecule has 2 heterocycles. The lowest BCUT2D eigenvalue weighted by atomic mass is 9.96. The SMILES string of the molecule is CCOc1ccc2cc(C(=O)N3CCCC3C(C)(C)O)[nH]c2c1. The van der Waals surface area contributed by atoms with E-state index in [2.05, 4.69) is 4.98 Å². The number of amides is 1. The number of aromatic amines is 1. The van der Waals surface area contributed by atoms with Crippen LogP contribution >= 0.6 is 0 Å². The summed E-state index contributed by atoms with van der Waals surface area (Å²) in [7, 11) is 0. The Labute approximate surface area is 136 Å². The van der Waals surface area contributed by atoms with Gasteiger partial charge >= 0.3 is 0 Å². The van der Waals surface area contributed by atoms with Crippen LogP contribution in [-0.2, 0) is 0 Å². The minimum absolute atomic E-state index is 0.0521. The molecule has 0 spiro atoms. The monoisotopic (exact) mass is 316 g/mol. The maximum absolute atomic E-state index is 12.8. The van der Waals surface area contributed by atoms with Crippen molar-refractivity contribution in [2.24, 2.45) is 0 Å². The molecule has 1 aliphatic heterocycles. The maximum atomic E-state index is 12.8. The van der Waals surface area contributed by atoms with Gasteiger partial charge < -0.3 is 19.7 Å². The van der Waals surface area contributed by atoms with Crippen molar-refractivity contribution in [3.8, 4) is 5.75 Å². The molecule has 124 valence electrons. The van der Waals surface area contributed by atoms with Crippen molar-refractivity contribution in [3.63, 3.8) is 0 Å². The van der Waals surface area contributed by atoms with Gasteiger partial charge in [-0.25, -0.2) is 0 Å². The van der Waals surface area contributed by atoms with Gasteiger partial charge in [0.2, 0.25) is 0 Å². The number of hydrogen-bond donors (Lipinski definition) is 2. The minimum Gasteiger partial charge on any atom is -0.494 e. The predicted molar refractivity (Wildman–Crippen MR) is 89.8 cm³/mol. The summed E-state index contributed by atoms with van der Waals surface area (Å²) >= 11 is 0. The van der Waals surface area contributed by atoms with E-state index >= 15 is 0 Å². The maximum Gasteiger partial charge on any atom is 0.270 e. The first-order valence-electron chi connectivity index (χ1n) is 8.19. The number of rotatable bonds is 4. The Bertz CT molecular complexity index is 715. The fourth-order valence-corrected chi connectivity index (χ4v) is 3.38. The molecule has 0 aliphatic carbocycles. The molecule has 1 atom stereocenters. The molecule has 1 fully saturated rings. The van der Waals surface area contributed by atoms with Crippen LogP contribution in [0, 0.1) is 0 Å². The van der Waals surface area contributed by atoms with Crippen LogP contribution in [0.3, 0.4) is 0 Å². The first-order valence-corrected chi connectivity index (χ1v) is 8.19. The highest BCUT2D eigenvalue weighted by molar-refractivity contribution is 5.98. The molecule has 1 amide bonds. The van der Waals surface area contributed by atoms with Crippen LogP contribution in [-0.4, -0.2) is 45.7 Å². The summed E-state index contributed by atoms with van der Waals surface area (Å²) in [5.74, 6) is 0.736. The Hall–Kier alpha value is -2.01. The number of H-pyrrole nitrogens is 1. The molecule has 0 saturated carbocycles. The molecule has 23 heavy (non-hydrogen) atoms. The van der Waals surface area contributed by atoms with Gasteiger partial charge in [0.25, 0.3) is 5.91 Å². The van der Waals surface area contributed by atoms with E-state index in [9.17, 15) is 9.90 Å². The van der Waals surface area contributed by atoms with Crippen LogP contribution in [0.15, 0.2) is 24.3 Å². The second kappa shape index (κ2) is 5.89. The number of nitrogens with one attached hydrogen (secondary N) is 1. The van der Waals surface area contributed by atoms with Gasteiger partial charge in [-0.2, -0.15) is 0 Å². The summed E-state index contributed by atoms with van der Waals surface area (Å²) in [6.45, 7) is 6.77. The number of fused-ring (bicyclic) bond motifs is 1. The Morgan fingerprint density at radius 2 is 2.22 bits per heavy atom. The summed E-state index contributed by atoms with van der Waals surface area (Å²) in [5, 5.41) is 11.3. The highest BCUT2D eigenvalue weighted by atomic mass is 16.5. The van der Waals surface area contributed by atoms with Crippen LogP contribution in [0.2, 0.25) is 0 Å². The van der Waals surface area contributed by atoms with E-state index in [0.717, 1.165) is 29.5 Å². The molecule has 1 aliphatic rings. The van der Waals surface area contributed by atoms with Gasteiger partial charge in [0.05, 0.1) is 18.2 Å². The lowest BCUT2D eigenvalue weighted by Crippen LogP contribution is -2.48. The largest absolute Gasteiger partial charge is 0.494 e. The zero-order chi connectivity index (χ0) is 16.6. The third-order valence-electron chi connectivity index (χ3n) is 4.46. The molecule has 0 bridgehead atoms. The second-order valence-corrected chi connectivity index (χ2v) is 6.68. The number of aliphatic hydroxyl groups is 1. The van der Waals surface area contributed by atoms with Gasteiger partial charge in [0, 0.05) is 23.5 Å². The average molecular weight is 316 g/mol. The number of likely N-dealkylation sites (tertiary alicyclic amines) is 1. The normalized spacial score (nSPS) is 18.6. The molecule has 2 N–H and O–H groups in total. The zero-order valence-electron chi connectivity index (χ0n) is 13.9. The number of benzene rings is 1. The number of ether oxygens (including phenoxy) is 1. The fraction of sp³-hybridized carbons (Fsp3) is 0.500. The van der Waals surface area contributed by atoms with Crippen LogP contribution in [0.25, 0.3) is 10.9 Å².